The molecule has 1 aliphatic heterocycles. The van der Waals surface area contributed by atoms with Crippen molar-refractivity contribution in [2.24, 2.45) is 5.92 Å². The average Bonchev–Trinajstić information content (AvgIpc) is 2.65. The molecule has 0 bridgehead atoms. The summed E-state index contributed by atoms with van der Waals surface area (Å²) < 4.78 is 22.2. The van der Waals surface area contributed by atoms with Gasteiger partial charge in [0.1, 0.15) is 0 Å². The Bertz CT molecular complexity index is 229. The van der Waals surface area contributed by atoms with E-state index in [1.165, 1.54) is 0 Å². The van der Waals surface area contributed by atoms with Crippen LogP contribution in [0.4, 0.5) is 0 Å². The van der Waals surface area contributed by atoms with Gasteiger partial charge in [0.05, 0.1) is 13.0 Å². The van der Waals surface area contributed by atoms with Crippen LogP contribution < -0.4 is 0 Å². The Labute approximate surface area is 104 Å². The molecule has 6 heteroatoms. The van der Waals surface area contributed by atoms with E-state index in [9.17, 15) is 4.79 Å². The molecular weight excluding hydrogens is 240 g/mol. The van der Waals surface area contributed by atoms with E-state index < -0.39 is 8.80 Å². The van der Waals surface area contributed by atoms with Crippen molar-refractivity contribution in [2.45, 2.75) is 33.2 Å². The maximum Gasteiger partial charge on any atom is 0.501 e. The van der Waals surface area contributed by atoms with Crippen LogP contribution in [0.15, 0.2) is 0 Å². The zero-order valence-electron chi connectivity index (χ0n) is 10.9. The van der Waals surface area contributed by atoms with Crippen LogP contribution in [0.3, 0.4) is 0 Å². The van der Waals surface area contributed by atoms with Crippen LogP contribution in [0.5, 0.6) is 0 Å². The lowest BCUT2D eigenvalue weighted by Gasteiger charge is -2.29. The van der Waals surface area contributed by atoms with Gasteiger partial charge in [0, 0.05) is 31.8 Å². The summed E-state index contributed by atoms with van der Waals surface area (Å²) in [6.45, 7) is 7.93. The van der Waals surface area contributed by atoms with E-state index in [1.807, 2.05) is 20.8 Å². The SMILES string of the molecule is CCO[Si](CC1COC(=O)C1)(OCC)OCC. The number of cyclic esters (lactones) is 1. The van der Waals surface area contributed by atoms with Crippen LogP contribution in [0.1, 0.15) is 27.2 Å². The van der Waals surface area contributed by atoms with E-state index in [2.05, 4.69) is 0 Å². The lowest BCUT2D eigenvalue weighted by atomic mass is 10.1. The van der Waals surface area contributed by atoms with Crippen LogP contribution >= 0.6 is 0 Å². The molecule has 1 fully saturated rings. The van der Waals surface area contributed by atoms with E-state index in [1.54, 1.807) is 0 Å². The van der Waals surface area contributed by atoms with Crippen LogP contribution in [0.25, 0.3) is 0 Å². The Hall–Kier alpha value is -0.433. The second-order valence-electron chi connectivity index (χ2n) is 3.94. The van der Waals surface area contributed by atoms with Gasteiger partial charge in [-0.25, -0.2) is 0 Å². The van der Waals surface area contributed by atoms with Crippen molar-refractivity contribution in [3.05, 3.63) is 0 Å². The summed E-state index contributed by atoms with van der Waals surface area (Å²) >= 11 is 0. The molecule has 0 radical (unpaired) electrons. The zero-order valence-corrected chi connectivity index (χ0v) is 11.9. The first-order chi connectivity index (χ1) is 8.15. The second kappa shape index (κ2) is 7.10. The Morgan fingerprint density at radius 2 is 1.71 bits per heavy atom. The van der Waals surface area contributed by atoms with E-state index in [-0.39, 0.29) is 11.9 Å². The van der Waals surface area contributed by atoms with Crippen molar-refractivity contribution >= 4 is 14.8 Å². The number of carbonyl (C=O) groups excluding carboxylic acids is 1. The minimum Gasteiger partial charge on any atom is -0.465 e. The highest BCUT2D eigenvalue weighted by atomic mass is 28.4. The molecule has 1 aliphatic rings. The lowest BCUT2D eigenvalue weighted by Crippen LogP contribution is -2.47. The van der Waals surface area contributed by atoms with Gasteiger partial charge < -0.3 is 18.0 Å². The summed E-state index contributed by atoms with van der Waals surface area (Å²) in [7, 11) is -2.62. The summed E-state index contributed by atoms with van der Waals surface area (Å²) in [6, 6.07) is 0.661. The van der Waals surface area contributed by atoms with Gasteiger partial charge in [-0.1, -0.05) is 0 Å². The van der Waals surface area contributed by atoms with Crippen LogP contribution in [0, 0.1) is 5.92 Å². The number of esters is 1. The molecule has 0 saturated carbocycles. The number of carbonyl (C=O) groups is 1. The maximum absolute atomic E-state index is 11.1. The molecule has 0 aliphatic carbocycles. The van der Waals surface area contributed by atoms with Gasteiger partial charge in [-0.2, -0.15) is 0 Å². The molecule has 1 saturated heterocycles. The maximum atomic E-state index is 11.1. The van der Waals surface area contributed by atoms with Crippen molar-refractivity contribution in [3.8, 4) is 0 Å². The number of ether oxygens (including phenoxy) is 1. The number of hydrogen-bond acceptors (Lipinski definition) is 5. The van der Waals surface area contributed by atoms with E-state index in [0.29, 0.717) is 38.9 Å². The van der Waals surface area contributed by atoms with Crippen molar-refractivity contribution in [1.82, 2.24) is 0 Å². The summed E-state index contributed by atoms with van der Waals surface area (Å²) in [6.07, 6.45) is 0.446. The molecule has 17 heavy (non-hydrogen) atoms. The molecule has 0 spiro atoms. The number of rotatable bonds is 8. The Balaban J connectivity index is 2.62. The molecule has 0 aromatic rings. The van der Waals surface area contributed by atoms with E-state index in [4.69, 9.17) is 18.0 Å². The van der Waals surface area contributed by atoms with Gasteiger partial charge in [0.25, 0.3) is 0 Å². The smallest absolute Gasteiger partial charge is 0.465 e. The molecule has 0 aromatic heterocycles. The van der Waals surface area contributed by atoms with Gasteiger partial charge in [-0.3, -0.25) is 4.79 Å². The van der Waals surface area contributed by atoms with Crippen molar-refractivity contribution < 1.29 is 22.8 Å². The molecule has 0 aromatic carbocycles. The van der Waals surface area contributed by atoms with Gasteiger partial charge in [0.2, 0.25) is 0 Å². The largest absolute Gasteiger partial charge is 0.501 e. The molecule has 0 amide bonds. The quantitative estimate of drug-likeness (QED) is 0.491. The first-order valence-corrected chi connectivity index (χ1v) is 8.16. The Morgan fingerprint density at radius 3 is 2.06 bits per heavy atom. The fraction of sp³-hybridized carbons (Fsp3) is 0.909. The molecule has 1 unspecified atom stereocenters. The molecule has 1 heterocycles. The van der Waals surface area contributed by atoms with Crippen molar-refractivity contribution in [2.75, 3.05) is 26.4 Å². The van der Waals surface area contributed by atoms with Gasteiger partial charge in [-0.05, 0) is 20.8 Å². The third-order valence-electron chi connectivity index (χ3n) is 2.57. The predicted octanol–water partition coefficient (Wildman–Crippen LogP) is 1.60. The summed E-state index contributed by atoms with van der Waals surface area (Å²) in [5.74, 6) is 0.0289. The van der Waals surface area contributed by atoms with Crippen LogP contribution in [0.2, 0.25) is 6.04 Å². The summed E-state index contributed by atoms with van der Waals surface area (Å²) in [5, 5.41) is 0. The van der Waals surface area contributed by atoms with Crippen molar-refractivity contribution in [3.63, 3.8) is 0 Å². The highest BCUT2D eigenvalue weighted by Crippen LogP contribution is 2.27. The molecule has 1 atom stereocenters. The van der Waals surface area contributed by atoms with E-state index >= 15 is 0 Å². The first kappa shape index (κ1) is 14.6. The standard InChI is InChI=1S/C11H22O5Si/c1-4-14-17(15-5-2,16-6-3)9-10-7-11(12)13-8-10/h10H,4-9H2,1-3H3. The Kier molecular flexibility index (Phi) is 6.11. The van der Waals surface area contributed by atoms with Gasteiger partial charge >= 0.3 is 14.8 Å². The topological polar surface area (TPSA) is 54.0 Å². The summed E-state index contributed by atoms with van der Waals surface area (Å²) in [4.78, 5) is 11.1. The zero-order chi connectivity index (χ0) is 12.7. The predicted molar refractivity (Wildman–Crippen MR) is 64.5 cm³/mol. The fourth-order valence-electron chi connectivity index (χ4n) is 2.01. The highest BCUT2D eigenvalue weighted by Gasteiger charge is 2.44. The normalized spacial score (nSPS) is 20.6. The van der Waals surface area contributed by atoms with E-state index in [0.717, 1.165) is 0 Å². The van der Waals surface area contributed by atoms with Gasteiger partial charge in [0.15, 0.2) is 0 Å². The minimum atomic E-state index is -2.62. The lowest BCUT2D eigenvalue weighted by molar-refractivity contribution is -0.137. The third-order valence-corrected chi connectivity index (χ3v) is 5.83. The summed E-state index contributed by atoms with van der Waals surface area (Å²) in [5.41, 5.74) is 0. The third kappa shape index (κ3) is 4.38. The molecule has 0 N–H and O–H groups in total. The molecule has 1 rings (SSSR count). The second-order valence-corrected chi connectivity index (χ2v) is 6.58. The van der Waals surface area contributed by atoms with Gasteiger partial charge in [-0.15, -0.1) is 0 Å². The highest BCUT2D eigenvalue weighted by molar-refractivity contribution is 6.60. The minimum absolute atomic E-state index is 0.137. The Morgan fingerprint density at radius 1 is 1.18 bits per heavy atom. The number of hydrogen-bond donors (Lipinski definition) is 0. The molecular formula is C11H22O5Si. The van der Waals surface area contributed by atoms with Crippen LogP contribution in [-0.4, -0.2) is 41.2 Å². The monoisotopic (exact) mass is 262 g/mol. The van der Waals surface area contributed by atoms with Crippen molar-refractivity contribution in [1.29, 1.82) is 0 Å². The first-order valence-electron chi connectivity index (χ1n) is 6.23. The molecule has 5 nitrogen and oxygen atoms in total. The average molecular weight is 262 g/mol. The molecule has 100 valence electrons. The fourth-order valence-corrected chi connectivity index (χ4v) is 4.90. The van der Waals surface area contributed by atoms with Crippen LogP contribution in [-0.2, 0) is 22.8 Å².